The van der Waals surface area contributed by atoms with Gasteiger partial charge in [-0.3, -0.25) is 14.2 Å². The molecule has 0 aliphatic carbocycles. The summed E-state index contributed by atoms with van der Waals surface area (Å²) in [4.78, 5) is 29.6. The fraction of sp³-hybridized carbons (Fsp3) is 0.167. The maximum absolute atomic E-state index is 13.2. The van der Waals surface area contributed by atoms with Crippen LogP contribution in [-0.2, 0) is 16.1 Å². The van der Waals surface area contributed by atoms with Gasteiger partial charge in [-0.2, -0.15) is 0 Å². The summed E-state index contributed by atoms with van der Waals surface area (Å²) in [6.45, 7) is 3.95. The van der Waals surface area contributed by atoms with Crippen molar-refractivity contribution < 1.29 is 13.9 Å². The lowest BCUT2D eigenvalue weighted by molar-refractivity contribution is -0.137. The fourth-order valence-corrected chi connectivity index (χ4v) is 4.26. The second kappa shape index (κ2) is 7.84. The zero-order valence-electron chi connectivity index (χ0n) is 13.9. The Morgan fingerprint density at radius 2 is 2.15 bits per heavy atom. The van der Waals surface area contributed by atoms with Crippen LogP contribution in [0.5, 0.6) is 0 Å². The minimum Gasteiger partial charge on any atom is -0.468 e. The van der Waals surface area contributed by atoms with E-state index < -0.39 is 5.97 Å². The average Bonchev–Trinajstić information content (AvgIpc) is 3.07. The topological polar surface area (TPSA) is 61.2 Å². The van der Waals surface area contributed by atoms with Crippen molar-refractivity contribution in [1.29, 1.82) is 0 Å². The highest BCUT2D eigenvalue weighted by Gasteiger charge is 2.17. The molecule has 0 amide bonds. The first-order valence-corrected chi connectivity index (χ1v) is 9.50. The maximum Gasteiger partial charge on any atom is 0.316 e. The van der Waals surface area contributed by atoms with E-state index in [1.54, 1.807) is 18.2 Å². The predicted octanol–water partition coefficient (Wildman–Crippen LogP) is 3.72. The standard InChI is InChI=1S/C18H15FN2O3S2/c1-3-8-21-17(23)15-13(11-4-6-12(19)7-5-11)9-25-16(15)20-18(21)26-10-14(22)24-2/h3-7,9H,1,8,10H2,2H3. The van der Waals surface area contributed by atoms with E-state index in [1.807, 2.05) is 5.38 Å². The molecule has 5 nitrogen and oxygen atoms in total. The number of methoxy groups -OCH3 is 1. The zero-order valence-corrected chi connectivity index (χ0v) is 15.5. The van der Waals surface area contributed by atoms with Crippen molar-refractivity contribution in [2.45, 2.75) is 11.7 Å². The Kier molecular flexibility index (Phi) is 5.53. The van der Waals surface area contributed by atoms with Gasteiger partial charge in [0.1, 0.15) is 10.6 Å². The summed E-state index contributed by atoms with van der Waals surface area (Å²) in [6.07, 6.45) is 1.60. The van der Waals surface area contributed by atoms with E-state index in [9.17, 15) is 14.0 Å². The maximum atomic E-state index is 13.2. The Morgan fingerprint density at radius 1 is 1.42 bits per heavy atom. The molecule has 1 aromatic carbocycles. The number of thioether (sulfide) groups is 1. The first-order valence-electron chi connectivity index (χ1n) is 7.63. The lowest BCUT2D eigenvalue weighted by Crippen LogP contribution is -2.23. The number of thiophene rings is 1. The number of hydrogen-bond acceptors (Lipinski definition) is 6. The molecule has 0 aliphatic rings. The van der Waals surface area contributed by atoms with Crippen LogP contribution in [0.15, 0.2) is 52.3 Å². The molecular formula is C18H15FN2O3S2. The van der Waals surface area contributed by atoms with Gasteiger partial charge in [0.15, 0.2) is 5.16 Å². The first-order chi connectivity index (χ1) is 12.5. The van der Waals surface area contributed by atoms with Crippen LogP contribution in [0.1, 0.15) is 0 Å². The van der Waals surface area contributed by atoms with E-state index in [-0.39, 0.29) is 23.7 Å². The quantitative estimate of drug-likeness (QED) is 0.278. The van der Waals surface area contributed by atoms with Crippen molar-refractivity contribution in [2.75, 3.05) is 12.9 Å². The highest BCUT2D eigenvalue weighted by Crippen LogP contribution is 2.32. The number of halogens is 1. The molecule has 0 unspecified atom stereocenters. The molecule has 8 heteroatoms. The van der Waals surface area contributed by atoms with E-state index in [1.165, 1.54) is 35.1 Å². The normalized spacial score (nSPS) is 10.8. The summed E-state index contributed by atoms with van der Waals surface area (Å²) in [6, 6.07) is 5.98. The molecule has 0 bridgehead atoms. The second-order valence-electron chi connectivity index (χ2n) is 5.30. The van der Waals surface area contributed by atoms with Crippen molar-refractivity contribution in [1.82, 2.24) is 9.55 Å². The molecule has 0 saturated heterocycles. The minimum absolute atomic E-state index is 0.0573. The summed E-state index contributed by atoms with van der Waals surface area (Å²) in [5, 5.41) is 2.74. The van der Waals surface area contributed by atoms with Gasteiger partial charge >= 0.3 is 5.97 Å². The Morgan fingerprint density at radius 3 is 2.81 bits per heavy atom. The van der Waals surface area contributed by atoms with Crippen LogP contribution in [0, 0.1) is 5.82 Å². The Labute approximate surface area is 157 Å². The van der Waals surface area contributed by atoms with Crippen molar-refractivity contribution in [2.24, 2.45) is 0 Å². The molecule has 0 N–H and O–H groups in total. The molecule has 0 spiro atoms. The van der Waals surface area contributed by atoms with Gasteiger partial charge in [0.05, 0.1) is 18.2 Å². The molecule has 0 saturated carbocycles. The number of carbonyl (C=O) groups excluding carboxylic acids is 1. The molecule has 0 radical (unpaired) electrons. The van der Waals surface area contributed by atoms with Gasteiger partial charge in [0, 0.05) is 17.5 Å². The third-order valence-corrected chi connectivity index (χ3v) is 5.49. The van der Waals surface area contributed by atoms with Crippen LogP contribution in [0.2, 0.25) is 0 Å². The summed E-state index contributed by atoms with van der Waals surface area (Å²) < 4.78 is 19.3. The number of esters is 1. The molecule has 0 fully saturated rings. The first kappa shape index (κ1) is 18.3. The van der Waals surface area contributed by atoms with Crippen LogP contribution >= 0.6 is 23.1 Å². The van der Waals surface area contributed by atoms with Gasteiger partial charge in [-0.25, -0.2) is 9.37 Å². The van der Waals surface area contributed by atoms with E-state index in [4.69, 9.17) is 0 Å². The van der Waals surface area contributed by atoms with Gasteiger partial charge < -0.3 is 4.74 Å². The molecule has 26 heavy (non-hydrogen) atoms. The fourth-order valence-electron chi connectivity index (χ4n) is 2.43. The molecule has 2 aromatic heterocycles. The number of carbonyl (C=O) groups is 1. The smallest absolute Gasteiger partial charge is 0.316 e. The molecular weight excluding hydrogens is 375 g/mol. The number of benzene rings is 1. The van der Waals surface area contributed by atoms with Gasteiger partial charge in [-0.15, -0.1) is 17.9 Å². The van der Waals surface area contributed by atoms with Gasteiger partial charge in [0.25, 0.3) is 5.56 Å². The molecule has 3 aromatic rings. The number of nitrogens with zero attached hydrogens (tertiary/aromatic N) is 2. The number of allylic oxidation sites excluding steroid dienone is 1. The molecule has 2 heterocycles. The Balaban J connectivity index is 2.14. The van der Waals surface area contributed by atoms with Crippen molar-refractivity contribution in [3.8, 4) is 11.1 Å². The summed E-state index contributed by atoms with van der Waals surface area (Å²) >= 11 is 2.48. The molecule has 134 valence electrons. The average molecular weight is 390 g/mol. The SMILES string of the molecule is C=CCn1c(SCC(=O)OC)nc2scc(-c3ccc(F)cc3)c2c1=O. The second-order valence-corrected chi connectivity index (χ2v) is 7.10. The largest absolute Gasteiger partial charge is 0.468 e. The van der Waals surface area contributed by atoms with Gasteiger partial charge in [-0.1, -0.05) is 30.0 Å². The van der Waals surface area contributed by atoms with E-state index >= 15 is 0 Å². The number of aromatic nitrogens is 2. The van der Waals surface area contributed by atoms with Crippen LogP contribution in [0.4, 0.5) is 4.39 Å². The zero-order chi connectivity index (χ0) is 18.7. The molecule has 0 aliphatic heterocycles. The molecule has 0 atom stereocenters. The Bertz CT molecular complexity index is 1030. The van der Waals surface area contributed by atoms with Crippen molar-refractivity contribution in [3.63, 3.8) is 0 Å². The van der Waals surface area contributed by atoms with Crippen molar-refractivity contribution in [3.05, 3.63) is 58.5 Å². The van der Waals surface area contributed by atoms with Crippen LogP contribution in [-0.4, -0.2) is 28.4 Å². The van der Waals surface area contributed by atoms with Crippen LogP contribution < -0.4 is 5.56 Å². The van der Waals surface area contributed by atoms with Gasteiger partial charge in [-0.05, 0) is 17.7 Å². The van der Waals surface area contributed by atoms with E-state index in [2.05, 4.69) is 16.3 Å². The van der Waals surface area contributed by atoms with Crippen LogP contribution in [0.3, 0.4) is 0 Å². The lowest BCUT2D eigenvalue weighted by Gasteiger charge is -2.10. The minimum atomic E-state index is -0.396. The summed E-state index contributed by atoms with van der Waals surface area (Å²) in [5.74, 6) is -0.674. The number of hydrogen-bond donors (Lipinski definition) is 0. The van der Waals surface area contributed by atoms with Crippen LogP contribution in [0.25, 0.3) is 21.3 Å². The van der Waals surface area contributed by atoms with E-state index in [0.29, 0.717) is 20.9 Å². The summed E-state index contributed by atoms with van der Waals surface area (Å²) in [7, 11) is 1.31. The highest BCUT2D eigenvalue weighted by molar-refractivity contribution is 7.99. The van der Waals surface area contributed by atoms with E-state index in [0.717, 1.165) is 17.3 Å². The number of fused-ring (bicyclic) bond motifs is 1. The number of ether oxygens (including phenoxy) is 1. The third-order valence-electron chi connectivity index (χ3n) is 3.67. The molecule has 3 rings (SSSR count). The Hall–Kier alpha value is -2.45. The third kappa shape index (κ3) is 3.56. The predicted molar refractivity (Wildman–Crippen MR) is 102 cm³/mol. The monoisotopic (exact) mass is 390 g/mol. The number of rotatable bonds is 6. The van der Waals surface area contributed by atoms with Gasteiger partial charge in [0.2, 0.25) is 0 Å². The summed E-state index contributed by atoms with van der Waals surface area (Å²) in [5.41, 5.74) is 1.24. The highest BCUT2D eigenvalue weighted by atomic mass is 32.2. The van der Waals surface area contributed by atoms with Crippen molar-refractivity contribution >= 4 is 39.3 Å². The lowest BCUT2D eigenvalue weighted by atomic mass is 10.1.